The van der Waals surface area contributed by atoms with Gasteiger partial charge in [-0.1, -0.05) is 42.5 Å². The van der Waals surface area contributed by atoms with Crippen molar-refractivity contribution < 1.29 is 4.79 Å². The molecule has 2 aromatic heterocycles. The van der Waals surface area contributed by atoms with Gasteiger partial charge in [0.2, 0.25) is 5.91 Å². The van der Waals surface area contributed by atoms with Crippen molar-refractivity contribution >= 4 is 22.4 Å². The van der Waals surface area contributed by atoms with Crippen LogP contribution < -0.4 is 5.32 Å². The first-order chi connectivity index (χ1) is 16.3. The number of nitrogens with zero attached hydrogens (tertiary/aromatic N) is 3. The second-order valence-electron chi connectivity index (χ2n) is 8.62. The SMILES string of the molecule is O=C(Nc1cncc2cnccc12)C1CCN(C2=CC=CCC(C3=CC=CCC=C3)=C2)CC1. The van der Waals surface area contributed by atoms with Crippen molar-refractivity contribution in [1.29, 1.82) is 0 Å². The lowest BCUT2D eigenvalue weighted by Gasteiger charge is -2.34. The van der Waals surface area contributed by atoms with Crippen LogP contribution in [-0.2, 0) is 4.79 Å². The van der Waals surface area contributed by atoms with E-state index in [0.717, 1.165) is 55.2 Å². The molecule has 33 heavy (non-hydrogen) atoms. The number of aromatic nitrogens is 2. The van der Waals surface area contributed by atoms with Crippen molar-refractivity contribution in [2.75, 3.05) is 18.4 Å². The third-order valence-corrected chi connectivity index (χ3v) is 6.46. The Morgan fingerprint density at radius 3 is 2.76 bits per heavy atom. The van der Waals surface area contributed by atoms with E-state index in [-0.39, 0.29) is 11.8 Å². The van der Waals surface area contributed by atoms with Gasteiger partial charge in [0.25, 0.3) is 0 Å². The summed E-state index contributed by atoms with van der Waals surface area (Å²) in [4.78, 5) is 23.8. The lowest BCUT2D eigenvalue weighted by atomic mass is 9.94. The molecular weight excluding hydrogens is 408 g/mol. The first-order valence-corrected chi connectivity index (χ1v) is 11.6. The summed E-state index contributed by atoms with van der Waals surface area (Å²) in [6, 6.07) is 1.92. The maximum Gasteiger partial charge on any atom is 0.227 e. The number of rotatable bonds is 4. The quantitative estimate of drug-likeness (QED) is 0.688. The Morgan fingerprint density at radius 1 is 1.00 bits per heavy atom. The number of fused-ring (bicyclic) bond motifs is 1. The molecule has 0 bridgehead atoms. The predicted molar refractivity (Wildman–Crippen MR) is 133 cm³/mol. The number of piperidine rings is 1. The molecule has 3 heterocycles. The van der Waals surface area contributed by atoms with Crippen LogP contribution in [0.5, 0.6) is 0 Å². The number of amides is 1. The molecule has 166 valence electrons. The van der Waals surface area contributed by atoms with Gasteiger partial charge < -0.3 is 10.2 Å². The summed E-state index contributed by atoms with van der Waals surface area (Å²) in [5.74, 6) is 0.0774. The van der Waals surface area contributed by atoms with Gasteiger partial charge in [0.1, 0.15) is 0 Å². The lowest BCUT2D eigenvalue weighted by Crippen LogP contribution is -2.37. The van der Waals surface area contributed by atoms with Crippen LogP contribution in [0.25, 0.3) is 10.8 Å². The monoisotopic (exact) mass is 436 g/mol. The van der Waals surface area contributed by atoms with Crippen molar-refractivity contribution in [2.45, 2.75) is 25.7 Å². The molecule has 0 radical (unpaired) electrons. The third kappa shape index (κ3) is 4.87. The molecule has 1 fully saturated rings. The molecule has 5 nitrogen and oxygen atoms in total. The summed E-state index contributed by atoms with van der Waals surface area (Å²) in [5, 5.41) is 5.00. The zero-order chi connectivity index (χ0) is 22.5. The Labute approximate surface area is 194 Å². The number of hydrogen-bond donors (Lipinski definition) is 1. The number of allylic oxidation sites excluding steroid dienone is 11. The van der Waals surface area contributed by atoms with Crippen LogP contribution in [0.15, 0.2) is 102 Å². The average Bonchev–Trinajstić information content (AvgIpc) is 3.28. The van der Waals surface area contributed by atoms with E-state index in [4.69, 9.17) is 0 Å². The van der Waals surface area contributed by atoms with Gasteiger partial charge in [0.15, 0.2) is 0 Å². The second-order valence-corrected chi connectivity index (χ2v) is 8.62. The summed E-state index contributed by atoms with van der Waals surface area (Å²) in [5.41, 5.74) is 4.58. The van der Waals surface area contributed by atoms with Crippen molar-refractivity contribution in [3.05, 3.63) is 102 Å². The highest BCUT2D eigenvalue weighted by Gasteiger charge is 2.26. The van der Waals surface area contributed by atoms with Gasteiger partial charge in [0.05, 0.1) is 11.9 Å². The number of carbonyl (C=O) groups excluding carboxylic acids is 1. The van der Waals surface area contributed by atoms with E-state index in [1.54, 1.807) is 24.8 Å². The molecule has 2 aliphatic carbocycles. The normalized spacial score (nSPS) is 18.9. The van der Waals surface area contributed by atoms with Crippen molar-refractivity contribution in [3.8, 4) is 0 Å². The van der Waals surface area contributed by atoms with E-state index in [2.05, 4.69) is 74.9 Å². The molecule has 2 aromatic rings. The van der Waals surface area contributed by atoms with E-state index >= 15 is 0 Å². The Kier molecular flexibility index (Phi) is 6.29. The molecule has 5 rings (SSSR count). The highest BCUT2D eigenvalue weighted by molar-refractivity contribution is 6.01. The summed E-state index contributed by atoms with van der Waals surface area (Å²) < 4.78 is 0. The van der Waals surface area contributed by atoms with Crippen molar-refractivity contribution in [3.63, 3.8) is 0 Å². The molecule has 3 aliphatic rings. The van der Waals surface area contributed by atoms with Gasteiger partial charge in [-0.3, -0.25) is 14.8 Å². The summed E-state index contributed by atoms with van der Waals surface area (Å²) in [7, 11) is 0. The zero-order valence-electron chi connectivity index (χ0n) is 18.7. The molecule has 0 spiro atoms. The molecule has 0 unspecified atom stereocenters. The average molecular weight is 437 g/mol. The van der Waals surface area contributed by atoms with Gasteiger partial charge in [-0.15, -0.1) is 0 Å². The van der Waals surface area contributed by atoms with Gasteiger partial charge in [-0.05, 0) is 55.0 Å². The summed E-state index contributed by atoms with van der Waals surface area (Å²) >= 11 is 0. The maximum absolute atomic E-state index is 13.0. The van der Waals surface area contributed by atoms with Crippen LogP contribution in [0, 0.1) is 5.92 Å². The summed E-state index contributed by atoms with van der Waals surface area (Å²) in [6.07, 6.45) is 30.4. The van der Waals surface area contributed by atoms with E-state index in [0.29, 0.717) is 0 Å². The largest absolute Gasteiger partial charge is 0.371 e. The molecule has 1 amide bonds. The van der Waals surface area contributed by atoms with Crippen molar-refractivity contribution in [1.82, 2.24) is 14.9 Å². The van der Waals surface area contributed by atoms with E-state index in [9.17, 15) is 4.79 Å². The van der Waals surface area contributed by atoms with Crippen LogP contribution in [0.1, 0.15) is 25.7 Å². The van der Waals surface area contributed by atoms with Crippen LogP contribution in [-0.4, -0.2) is 33.9 Å². The van der Waals surface area contributed by atoms with Crippen LogP contribution in [0.4, 0.5) is 5.69 Å². The lowest BCUT2D eigenvalue weighted by molar-refractivity contribution is -0.121. The van der Waals surface area contributed by atoms with Crippen LogP contribution in [0.3, 0.4) is 0 Å². The zero-order valence-corrected chi connectivity index (χ0v) is 18.7. The number of anilines is 1. The van der Waals surface area contributed by atoms with Gasteiger partial charge in [0, 0.05) is 54.1 Å². The molecule has 0 saturated carbocycles. The minimum Gasteiger partial charge on any atom is -0.371 e. The molecule has 5 heteroatoms. The number of likely N-dealkylation sites (tertiary alicyclic amines) is 1. The molecule has 1 saturated heterocycles. The molecule has 0 atom stereocenters. The Morgan fingerprint density at radius 2 is 1.85 bits per heavy atom. The van der Waals surface area contributed by atoms with Gasteiger partial charge in [-0.25, -0.2) is 0 Å². The first-order valence-electron chi connectivity index (χ1n) is 11.6. The molecular formula is C28H28N4O. The maximum atomic E-state index is 13.0. The molecule has 0 aromatic carbocycles. The second kappa shape index (κ2) is 9.82. The highest BCUT2D eigenvalue weighted by Crippen LogP contribution is 2.28. The summed E-state index contributed by atoms with van der Waals surface area (Å²) in [6.45, 7) is 1.74. The number of pyridine rings is 2. The fraction of sp³-hybridized carbons (Fsp3) is 0.250. The van der Waals surface area contributed by atoms with Crippen LogP contribution >= 0.6 is 0 Å². The number of carbonyl (C=O) groups is 1. The van der Waals surface area contributed by atoms with Crippen LogP contribution in [0.2, 0.25) is 0 Å². The predicted octanol–water partition coefficient (Wildman–Crippen LogP) is 5.49. The fourth-order valence-electron chi connectivity index (χ4n) is 4.59. The highest BCUT2D eigenvalue weighted by atomic mass is 16.1. The van der Waals surface area contributed by atoms with Gasteiger partial charge in [-0.2, -0.15) is 0 Å². The Bertz CT molecular complexity index is 1220. The topological polar surface area (TPSA) is 58.1 Å². The standard InChI is InChI=1S/C28H28N4O/c33-28(31-27-20-30-19-24-18-29-14-11-26(24)27)22-12-15-32(16-13-22)25-10-6-5-9-23(17-25)21-7-3-1-2-4-8-21/h1,3-8,10-11,14,17-20,22H,2,9,12-13,15-16H2,(H,31,33). The van der Waals surface area contributed by atoms with E-state index in [1.807, 2.05) is 6.07 Å². The van der Waals surface area contributed by atoms with E-state index in [1.165, 1.54) is 16.8 Å². The minimum absolute atomic E-state index is 0.00125. The Hall–Kier alpha value is -3.73. The smallest absolute Gasteiger partial charge is 0.227 e. The number of hydrogen-bond acceptors (Lipinski definition) is 4. The molecule has 1 N–H and O–H groups in total. The molecule has 1 aliphatic heterocycles. The number of nitrogens with one attached hydrogen (secondary N) is 1. The van der Waals surface area contributed by atoms with Crippen molar-refractivity contribution in [2.24, 2.45) is 5.92 Å². The Balaban J connectivity index is 1.25. The third-order valence-electron chi connectivity index (χ3n) is 6.46. The minimum atomic E-state index is 0.00125. The first kappa shape index (κ1) is 21.1. The van der Waals surface area contributed by atoms with E-state index < -0.39 is 0 Å². The fourth-order valence-corrected chi connectivity index (χ4v) is 4.59. The van der Waals surface area contributed by atoms with Gasteiger partial charge >= 0.3 is 0 Å².